The topological polar surface area (TPSA) is 313 Å². The van der Waals surface area contributed by atoms with Crippen LogP contribution in [0.3, 0.4) is 0 Å². The molecular formula is C50H81N5O13. The Balaban J connectivity index is 1.27. The zero-order valence-electron chi connectivity index (χ0n) is 40.8. The third kappa shape index (κ3) is 7.85. The molecule has 18 nitrogen and oxygen atoms in total. The highest BCUT2D eigenvalue weighted by atomic mass is 16.7. The first-order valence-corrected chi connectivity index (χ1v) is 25.2. The van der Waals surface area contributed by atoms with Crippen molar-refractivity contribution in [1.29, 1.82) is 0 Å². The van der Waals surface area contributed by atoms with Crippen LogP contribution in [-0.2, 0) is 19.1 Å². The van der Waals surface area contributed by atoms with Crippen LogP contribution in [0.2, 0.25) is 0 Å². The van der Waals surface area contributed by atoms with Gasteiger partial charge in [-0.15, -0.1) is 0 Å². The van der Waals surface area contributed by atoms with Crippen molar-refractivity contribution < 1.29 is 65.0 Å². The molecule has 4 saturated carbocycles. The summed E-state index contributed by atoms with van der Waals surface area (Å²) in [5, 5.41) is 107. The van der Waals surface area contributed by atoms with E-state index in [9.17, 15) is 55.5 Å². The van der Waals surface area contributed by atoms with E-state index in [2.05, 4.69) is 54.4 Å². The Hall–Kier alpha value is -2.59. The standard InChI is InChI=1S/C50H81N5O13/c1-45(22-57)11-13-50(44(65)66)14-12-47(3)29(31(50)17-45)7-8-35-48(47,4)10-9-34-46(2,23-58)40(68-43-39(62)38(61)33(59)21-67-43)37(60)30(49(34,35)5)16-26-28(20-56)42(64)55-36(26)27(32-19-53-24-54-32)15-25(18-52-6)41(51)63/h7,19,24-28,30-31,33-41,43,52,56-63H,8-18,20-23,51H2,1-6H3,(H,53,54)(H,55,64)(H,65,66). The molecule has 0 spiro atoms. The molecule has 0 aromatic carbocycles. The first kappa shape index (κ1) is 51.8. The number of amides is 1. The molecule has 1 amide bonds. The fourth-order valence-electron chi connectivity index (χ4n) is 16.5. The van der Waals surface area contributed by atoms with E-state index in [1.54, 1.807) is 19.6 Å². The number of carboxylic acids is 1. The molecular weight excluding hydrogens is 879 g/mol. The third-order valence-electron chi connectivity index (χ3n) is 20.7. The Morgan fingerprint density at radius 2 is 1.72 bits per heavy atom. The Kier molecular flexibility index (Phi) is 14.3. The maximum Gasteiger partial charge on any atom is 0.310 e. The second-order valence-corrected chi connectivity index (χ2v) is 23.8. The minimum Gasteiger partial charge on any atom is -0.481 e. The summed E-state index contributed by atoms with van der Waals surface area (Å²) < 4.78 is 12.4. The summed E-state index contributed by atoms with van der Waals surface area (Å²) in [6.07, 6.45) is 0.820. The van der Waals surface area contributed by atoms with Crippen LogP contribution in [0.25, 0.3) is 0 Å². The molecule has 7 aliphatic rings. The maximum atomic E-state index is 14.2. The van der Waals surface area contributed by atoms with Crippen LogP contribution in [-0.4, -0.2) is 157 Å². The number of imidazole rings is 1. The molecule has 0 radical (unpaired) electrons. The van der Waals surface area contributed by atoms with Crippen LogP contribution in [0.5, 0.6) is 0 Å². The smallest absolute Gasteiger partial charge is 0.310 e. The van der Waals surface area contributed by atoms with Crippen LogP contribution >= 0.6 is 0 Å². The number of nitrogens with zero attached hydrogens (tertiary/aromatic N) is 1. The van der Waals surface area contributed by atoms with Gasteiger partial charge in [0.25, 0.3) is 0 Å². The average Bonchev–Trinajstić information content (AvgIpc) is 3.95. The maximum absolute atomic E-state index is 14.2. The summed E-state index contributed by atoms with van der Waals surface area (Å²) in [6, 6.07) is -0.627. The highest BCUT2D eigenvalue weighted by Crippen LogP contribution is 2.77. The van der Waals surface area contributed by atoms with Crippen molar-refractivity contribution >= 4 is 11.9 Å². The molecule has 384 valence electrons. The van der Waals surface area contributed by atoms with E-state index in [1.807, 2.05) is 6.92 Å². The number of carboxylic acid groups (broad SMARTS) is 1. The van der Waals surface area contributed by atoms with E-state index in [1.165, 1.54) is 0 Å². The Bertz CT molecular complexity index is 2010. The molecule has 5 aliphatic carbocycles. The molecule has 1 aromatic heterocycles. The van der Waals surface area contributed by atoms with Crippen LogP contribution in [0.1, 0.15) is 110 Å². The van der Waals surface area contributed by atoms with Crippen LogP contribution < -0.4 is 16.4 Å². The van der Waals surface area contributed by atoms with E-state index in [0.717, 1.165) is 5.57 Å². The molecule has 6 fully saturated rings. The largest absolute Gasteiger partial charge is 0.481 e. The van der Waals surface area contributed by atoms with Crippen LogP contribution in [0.15, 0.2) is 24.2 Å². The summed E-state index contributed by atoms with van der Waals surface area (Å²) in [4.78, 5) is 35.2. The van der Waals surface area contributed by atoms with Crippen molar-refractivity contribution in [2.75, 3.05) is 40.0 Å². The number of aliphatic carboxylic acids is 1. The van der Waals surface area contributed by atoms with Gasteiger partial charge in [-0.2, -0.15) is 0 Å². The molecule has 22 atom stereocenters. The van der Waals surface area contributed by atoms with Gasteiger partial charge in [0.15, 0.2) is 6.29 Å². The number of aromatic amines is 1. The number of carbonyl (C=O) groups excluding carboxylic acids is 1. The minimum atomic E-state index is -1.67. The van der Waals surface area contributed by atoms with Gasteiger partial charge in [-0.3, -0.25) is 9.59 Å². The zero-order chi connectivity index (χ0) is 49.5. The summed E-state index contributed by atoms with van der Waals surface area (Å²) in [6.45, 7) is 9.87. The number of nitrogens with two attached hydrogens (primary N) is 1. The molecule has 14 N–H and O–H groups in total. The molecule has 68 heavy (non-hydrogen) atoms. The second kappa shape index (κ2) is 18.8. The van der Waals surface area contributed by atoms with E-state index < -0.39 is 130 Å². The molecule has 18 heteroatoms. The molecule has 8 rings (SSSR count). The molecule has 1 aromatic rings. The van der Waals surface area contributed by atoms with E-state index >= 15 is 0 Å². The Labute approximate surface area is 399 Å². The lowest BCUT2D eigenvalue weighted by atomic mass is 9.31. The molecule has 0 bridgehead atoms. The van der Waals surface area contributed by atoms with Crippen LogP contribution in [0.4, 0.5) is 0 Å². The SMILES string of the molecule is CNCC(CC(c1cnc[nH]1)C1NC(=O)C(CO)C1CC1C(O)C(OC2OCC(O)C(O)C2O)C(C)(CO)C2CCC3(C)C(CC=C4C5CC(C)(CO)CCC5(C(=O)O)CCC43C)C12C)C(N)O. The number of hydrogen-bond donors (Lipinski definition) is 13. The van der Waals surface area contributed by atoms with Gasteiger partial charge in [0.05, 0.1) is 49.7 Å². The highest BCUT2D eigenvalue weighted by molar-refractivity contribution is 5.82. The number of fused-ring (bicyclic) bond motifs is 7. The van der Waals surface area contributed by atoms with Gasteiger partial charge < -0.3 is 76.8 Å². The van der Waals surface area contributed by atoms with Gasteiger partial charge >= 0.3 is 5.97 Å². The summed E-state index contributed by atoms with van der Waals surface area (Å²) in [5.41, 5.74) is 3.71. The number of H-pyrrole nitrogens is 1. The lowest BCUT2D eigenvalue weighted by Crippen LogP contribution is -2.72. The first-order chi connectivity index (χ1) is 32.0. The van der Waals surface area contributed by atoms with Gasteiger partial charge in [-0.1, -0.05) is 46.3 Å². The minimum absolute atomic E-state index is 0.0353. The van der Waals surface area contributed by atoms with Gasteiger partial charge in [-0.25, -0.2) is 4.98 Å². The predicted molar refractivity (Wildman–Crippen MR) is 247 cm³/mol. The quantitative estimate of drug-likeness (QED) is 0.0662. The monoisotopic (exact) mass is 960 g/mol. The number of carbonyl (C=O) groups is 2. The molecule has 2 saturated heterocycles. The highest BCUT2D eigenvalue weighted by Gasteiger charge is 2.74. The van der Waals surface area contributed by atoms with Crippen molar-refractivity contribution in [3.63, 3.8) is 0 Å². The number of allylic oxidation sites excluding steroid dienone is 2. The van der Waals surface area contributed by atoms with E-state index in [-0.39, 0.29) is 43.3 Å². The first-order valence-electron chi connectivity index (χ1n) is 25.2. The van der Waals surface area contributed by atoms with Crippen molar-refractivity contribution in [3.8, 4) is 0 Å². The number of aromatic nitrogens is 2. The van der Waals surface area contributed by atoms with E-state index in [4.69, 9.17) is 15.2 Å². The number of aliphatic hydroxyl groups excluding tert-OH is 8. The van der Waals surface area contributed by atoms with Gasteiger partial charge in [0, 0.05) is 48.3 Å². The van der Waals surface area contributed by atoms with Gasteiger partial charge in [-0.05, 0) is 123 Å². The van der Waals surface area contributed by atoms with Gasteiger partial charge in [0.2, 0.25) is 5.91 Å². The lowest BCUT2D eigenvalue weighted by molar-refractivity contribution is -0.340. The third-order valence-corrected chi connectivity index (χ3v) is 20.7. The molecule has 22 unspecified atom stereocenters. The van der Waals surface area contributed by atoms with Crippen molar-refractivity contribution in [2.45, 2.75) is 154 Å². The number of nitrogens with one attached hydrogen (secondary N) is 3. The fourth-order valence-corrected chi connectivity index (χ4v) is 16.5. The molecule has 3 heterocycles. The average molecular weight is 960 g/mol. The molecule has 2 aliphatic heterocycles. The predicted octanol–water partition coefficient (Wildman–Crippen LogP) is 0.962. The zero-order valence-corrected chi connectivity index (χ0v) is 40.8. The van der Waals surface area contributed by atoms with Crippen molar-refractivity contribution in [1.82, 2.24) is 20.6 Å². The number of aliphatic hydroxyl groups is 8. The van der Waals surface area contributed by atoms with Crippen molar-refractivity contribution in [3.05, 3.63) is 29.9 Å². The number of hydrogen-bond acceptors (Lipinski definition) is 15. The van der Waals surface area contributed by atoms with Gasteiger partial charge in [0.1, 0.15) is 24.5 Å². The Morgan fingerprint density at radius 3 is 2.34 bits per heavy atom. The second-order valence-electron chi connectivity index (χ2n) is 23.8. The summed E-state index contributed by atoms with van der Waals surface area (Å²) >= 11 is 0. The number of rotatable bonds is 15. The normalized spacial score (nSPS) is 48.2. The summed E-state index contributed by atoms with van der Waals surface area (Å²) in [5.74, 6) is -5.01. The summed E-state index contributed by atoms with van der Waals surface area (Å²) in [7, 11) is 1.77. The van der Waals surface area contributed by atoms with Crippen molar-refractivity contribution in [2.24, 2.45) is 79.6 Å². The number of ether oxygens (including phenoxy) is 2. The van der Waals surface area contributed by atoms with E-state index in [0.29, 0.717) is 70.0 Å². The van der Waals surface area contributed by atoms with Crippen LogP contribution in [0, 0.1) is 73.9 Å². The lowest BCUT2D eigenvalue weighted by Gasteiger charge is -2.73. The Morgan fingerprint density at radius 1 is 1.00 bits per heavy atom. The fraction of sp³-hybridized carbons (Fsp3) is 0.860.